The first-order chi connectivity index (χ1) is 6.07. The first-order valence-corrected chi connectivity index (χ1v) is 5.34. The van der Waals surface area contributed by atoms with Gasteiger partial charge in [-0.1, -0.05) is 13.8 Å². The molecule has 0 saturated carbocycles. The van der Waals surface area contributed by atoms with E-state index in [4.69, 9.17) is 4.74 Å². The van der Waals surface area contributed by atoms with Gasteiger partial charge in [-0.15, -0.1) is 0 Å². The summed E-state index contributed by atoms with van der Waals surface area (Å²) in [4.78, 5) is 0. The summed E-state index contributed by atoms with van der Waals surface area (Å²) in [5.41, 5.74) is 0. The Morgan fingerprint density at radius 1 is 1.15 bits per heavy atom. The molecule has 0 saturated heterocycles. The molecule has 0 rings (SSSR count). The highest BCUT2D eigenvalue weighted by Gasteiger charge is 2.12. The van der Waals surface area contributed by atoms with Gasteiger partial charge in [0.15, 0.2) is 0 Å². The normalized spacial score (nSPS) is 14.1. The summed E-state index contributed by atoms with van der Waals surface area (Å²) in [5.74, 6) is 1.48. The maximum absolute atomic E-state index is 5.54. The molecule has 0 heterocycles. The van der Waals surface area contributed by atoms with Gasteiger partial charge in [0.05, 0.1) is 6.10 Å². The summed E-state index contributed by atoms with van der Waals surface area (Å²) in [6.45, 7) is 10.7. The summed E-state index contributed by atoms with van der Waals surface area (Å²) in [7, 11) is 2.01. The fourth-order valence-electron chi connectivity index (χ4n) is 1.39. The van der Waals surface area contributed by atoms with E-state index in [1.165, 1.54) is 0 Å². The zero-order valence-corrected chi connectivity index (χ0v) is 9.76. The van der Waals surface area contributed by atoms with Crippen LogP contribution < -0.4 is 5.32 Å². The molecule has 0 aliphatic carbocycles. The molecular formula is C11H25NO. The third-order valence-corrected chi connectivity index (χ3v) is 2.35. The third kappa shape index (κ3) is 7.03. The lowest BCUT2D eigenvalue weighted by Gasteiger charge is -2.20. The lowest BCUT2D eigenvalue weighted by molar-refractivity contribution is 0.0641. The molecule has 0 radical (unpaired) electrons. The molecule has 0 aliphatic rings. The van der Waals surface area contributed by atoms with Crippen LogP contribution in [0.15, 0.2) is 0 Å². The Balaban J connectivity index is 3.57. The van der Waals surface area contributed by atoms with E-state index in [0.29, 0.717) is 6.10 Å². The number of hydrogen-bond donors (Lipinski definition) is 1. The van der Waals surface area contributed by atoms with E-state index in [9.17, 15) is 0 Å². The highest BCUT2D eigenvalue weighted by Crippen LogP contribution is 2.14. The first-order valence-electron chi connectivity index (χ1n) is 5.34. The van der Waals surface area contributed by atoms with Crippen LogP contribution in [0.1, 0.15) is 34.1 Å². The predicted molar refractivity (Wildman–Crippen MR) is 58.0 cm³/mol. The zero-order valence-electron chi connectivity index (χ0n) is 9.76. The maximum Gasteiger partial charge on any atom is 0.0518 e. The molecule has 0 amide bonds. The van der Waals surface area contributed by atoms with Crippen LogP contribution in [0.4, 0.5) is 0 Å². The molecule has 0 fully saturated rings. The first kappa shape index (κ1) is 12.9. The van der Waals surface area contributed by atoms with Crippen LogP contribution in [-0.2, 0) is 4.74 Å². The van der Waals surface area contributed by atoms with Crippen molar-refractivity contribution in [2.45, 2.75) is 40.2 Å². The van der Waals surface area contributed by atoms with Gasteiger partial charge in [0.1, 0.15) is 0 Å². The molecule has 0 aromatic carbocycles. The SMILES string of the molecule is CNCC(CCOC(C)C)C(C)C. The van der Waals surface area contributed by atoms with Crippen molar-refractivity contribution < 1.29 is 4.74 Å². The minimum absolute atomic E-state index is 0.363. The van der Waals surface area contributed by atoms with Gasteiger partial charge in [0, 0.05) is 6.61 Å². The Bertz CT molecular complexity index is 113. The molecule has 0 spiro atoms. The van der Waals surface area contributed by atoms with Gasteiger partial charge in [0.25, 0.3) is 0 Å². The van der Waals surface area contributed by atoms with E-state index in [0.717, 1.165) is 31.4 Å². The van der Waals surface area contributed by atoms with Crippen LogP contribution in [0.25, 0.3) is 0 Å². The van der Waals surface area contributed by atoms with Crippen LogP contribution in [0.5, 0.6) is 0 Å². The highest BCUT2D eigenvalue weighted by atomic mass is 16.5. The molecule has 0 aromatic rings. The van der Waals surface area contributed by atoms with Crippen molar-refractivity contribution in [2.24, 2.45) is 11.8 Å². The molecular weight excluding hydrogens is 162 g/mol. The number of nitrogens with one attached hydrogen (secondary N) is 1. The average molecular weight is 187 g/mol. The Morgan fingerprint density at radius 2 is 1.77 bits per heavy atom. The van der Waals surface area contributed by atoms with Crippen molar-refractivity contribution in [3.63, 3.8) is 0 Å². The lowest BCUT2D eigenvalue weighted by atomic mass is 9.93. The van der Waals surface area contributed by atoms with Crippen LogP contribution in [0.2, 0.25) is 0 Å². The largest absolute Gasteiger partial charge is 0.379 e. The van der Waals surface area contributed by atoms with Gasteiger partial charge in [-0.2, -0.15) is 0 Å². The van der Waals surface area contributed by atoms with Crippen molar-refractivity contribution in [3.8, 4) is 0 Å². The van der Waals surface area contributed by atoms with E-state index < -0.39 is 0 Å². The average Bonchev–Trinajstić information content (AvgIpc) is 2.02. The van der Waals surface area contributed by atoms with Crippen molar-refractivity contribution in [1.82, 2.24) is 5.32 Å². The minimum atomic E-state index is 0.363. The fourth-order valence-corrected chi connectivity index (χ4v) is 1.39. The Labute approximate surface area is 83.1 Å². The van der Waals surface area contributed by atoms with Crippen LogP contribution in [0.3, 0.4) is 0 Å². The number of ether oxygens (including phenoxy) is 1. The lowest BCUT2D eigenvalue weighted by Crippen LogP contribution is -2.24. The van der Waals surface area contributed by atoms with Gasteiger partial charge in [-0.25, -0.2) is 0 Å². The smallest absolute Gasteiger partial charge is 0.0518 e. The van der Waals surface area contributed by atoms with E-state index in [2.05, 4.69) is 33.0 Å². The van der Waals surface area contributed by atoms with E-state index in [1.54, 1.807) is 0 Å². The maximum atomic E-state index is 5.54. The molecule has 13 heavy (non-hydrogen) atoms. The third-order valence-electron chi connectivity index (χ3n) is 2.35. The van der Waals surface area contributed by atoms with E-state index in [-0.39, 0.29) is 0 Å². The standard InChI is InChI=1S/C11H25NO/c1-9(2)11(8-12-5)6-7-13-10(3)4/h9-12H,6-8H2,1-5H3. The second-order valence-corrected chi connectivity index (χ2v) is 4.27. The molecule has 1 atom stereocenters. The molecule has 2 heteroatoms. The van der Waals surface area contributed by atoms with Gasteiger partial charge in [-0.3, -0.25) is 0 Å². The monoisotopic (exact) mass is 187 g/mol. The predicted octanol–water partition coefficient (Wildman–Crippen LogP) is 2.29. The van der Waals surface area contributed by atoms with Crippen LogP contribution in [0, 0.1) is 11.8 Å². The zero-order chi connectivity index (χ0) is 10.3. The summed E-state index contributed by atoms with van der Waals surface area (Å²) >= 11 is 0. The number of rotatable bonds is 7. The van der Waals surface area contributed by atoms with Gasteiger partial charge < -0.3 is 10.1 Å². The van der Waals surface area contributed by atoms with Crippen molar-refractivity contribution in [1.29, 1.82) is 0 Å². The van der Waals surface area contributed by atoms with E-state index in [1.807, 2.05) is 7.05 Å². The van der Waals surface area contributed by atoms with Crippen molar-refractivity contribution in [2.75, 3.05) is 20.2 Å². The van der Waals surface area contributed by atoms with Gasteiger partial charge in [0.2, 0.25) is 0 Å². The molecule has 1 unspecified atom stereocenters. The Morgan fingerprint density at radius 3 is 2.15 bits per heavy atom. The molecule has 0 aliphatic heterocycles. The number of hydrogen-bond acceptors (Lipinski definition) is 2. The van der Waals surface area contributed by atoms with Crippen molar-refractivity contribution >= 4 is 0 Å². The van der Waals surface area contributed by atoms with Gasteiger partial charge >= 0.3 is 0 Å². The Hall–Kier alpha value is -0.0800. The van der Waals surface area contributed by atoms with Crippen LogP contribution >= 0.6 is 0 Å². The fraction of sp³-hybridized carbons (Fsp3) is 1.00. The molecule has 80 valence electrons. The van der Waals surface area contributed by atoms with Gasteiger partial charge in [-0.05, 0) is 45.7 Å². The Kier molecular flexibility index (Phi) is 7.29. The molecule has 2 nitrogen and oxygen atoms in total. The summed E-state index contributed by atoms with van der Waals surface area (Å²) in [6.07, 6.45) is 1.53. The molecule has 0 aromatic heterocycles. The van der Waals surface area contributed by atoms with Crippen LogP contribution in [-0.4, -0.2) is 26.3 Å². The van der Waals surface area contributed by atoms with Crippen molar-refractivity contribution in [3.05, 3.63) is 0 Å². The summed E-state index contributed by atoms with van der Waals surface area (Å²) in [5, 5.41) is 3.23. The van der Waals surface area contributed by atoms with E-state index >= 15 is 0 Å². The second kappa shape index (κ2) is 7.34. The minimum Gasteiger partial charge on any atom is -0.379 e. The second-order valence-electron chi connectivity index (χ2n) is 4.27. The molecule has 1 N–H and O–H groups in total. The topological polar surface area (TPSA) is 21.3 Å². The quantitative estimate of drug-likeness (QED) is 0.660. The summed E-state index contributed by atoms with van der Waals surface area (Å²) < 4.78 is 5.54. The summed E-state index contributed by atoms with van der Waals surface area (Å²) in [6, 6.07) is 0. The molecule has 0 bridgehead atoms. The highest BCUT2D eigenvalue weighted by molar-refractivity contribution is 4.64.